The van der Waals surface area contributed by atoms with Gasteiger partial charge >= 0.3 is 0 Å². The standard InChI is InChI=1S/C14H9IO3S/c16-13-11-8-4-5-9-12(11)19(17,18)14(13)15-10-6-2-1-3-7-10/h1-9H. The summed E-state index contributed by atoms with van der Waals surface area (Å²) in [7, 11) is -3.58. The highest BCUT2D eigenvalue weighted by Crippen LogP contribution is 2.32. The molecular formula is C14H9IO3S. The van der Waals surface area contributed by atoms with Crippen LogP contribution >= 0.6 is 20.7 Å². The van der Waals surface area contributed by atoms with E-state index in [1.165, 1.54) is 6.07 Å². The summed E-state index contributed by atoms with van der Waals surface area (Å²) >= 11 is -0.976. The van der Waals surface area contributed by atoms with Gasteiger partial charge in [-0.1, -0.05) is 51.1 Å². The molecule has 0 fully saturated rings. The molecule has 1 aliphatic heterocycles. The number of fused-ring (bicyclic) bond motifs is 1. The number of carbonyl (C=O) groups is 1. The zero-order valence-corrected chi connectivity index (χ0v) is 12.7. The largest absolute Gasteiger partial charge is 0.287 e. The smallest absolute Gasteiger partial charge is 0.216 e. The van der Waals surface area contributed by atoms with Crippen LogP contribution in [0.2, 0.25) is 0 Å². The van der Waals surface area contributed by atoms with E-state index in [0.717, 1.165) is 3.57 Å². The van der Waals surface area contributed by atoms with Crippen LogP contribution in [0.25, 0.3) is 0 Å². The number of halogens is 1. The maximum atomic E-state index is 12.4. The lowest BCUT2D eigenvalue weighted by Gasteiger charge is -1.96. The highest BCUT2D eigenvalue weighted by atomic mass is 127. The minimum atomic E-state index is -3.58. The molecule has 0 saturated heterocycles. The van der Waals surface area contributed by atoms with Crippen molar-refractivity contribution in [2.75, 3.05) is 0 Å². The maximum Gasteiger partial charge on any atom is 0.216 e. The molecule has 5 heteroatoms. The van der Waals surface area contributed by atoms with E-state index >= 15 is 0 Å². The van der Waals surface area contributed by atoms with E-state index in [1.54, 1.807) is 18.2 Å². The Bertz CT molecular complexity index is 792. The van der Waals surface area contributed by atoms with Crippen molar-refractivity contribution in [2.45, 2.75) is 4.90 Å². The van der Waals surface area contributed by atoms with Crippen LogP contribution in [0.4, 0.5) is 0 Å². The molecule has 0 atom stereocenters. The third-order valence-electron chi connectivity index (χ3n) is 2.76. The van der Waals surface area contributed by atoms with E-state index in [4.69, 9.17) is 0 Å². The molecule has 0 radical (unpaired) electrons. The molecule has 1 aliphatic rings. The van der Waals surface area contributed by atoms with Crippen LogP contribution in [-0.4, -0.2) is 17.0 Å². The molecule has 0 spiro atoms. The lowest BCUT2D eigenvalue weighted by atomic mass is 10.2. The van der Waals surface area contributed by atoms with Gasteiger partial charge in [0, 0.05) is 9.13 Å². The summed E-state index contributed by atoms with van der Waals surface area (Å²) in [5.74, 6) is -0.327. The van der Waals surface area contributed by atoms with Gasteiger partial charge in [-0.25, -0.2) is 8.42 Å². The molecule has 96 valence electrons. The van der Waals surface area contributed by atoms with Crippen LogP contribution in [-0.2, 0) is 9.84 Å². The molecule has 1 heterocycles. The fraction of sp³-hybridized carbons (Fsp3) is 0. The number of hydrogen-bond acceptors (Lipinski definition) is 3. The molecule has 2 aromatic rings. The Morgan fingerprint density at radius 1 is 0.842 bits per heavy atom. The summed E-state index contributed by atoms with van der Waals surface area (Å²) in [6.07, 6.45) is 0. The van der Waals surface area contributed by atoms with Crippen molar-refractivity contribution in [3.8, 4) is 0 Å². The van der Waals surface area contributed by atoms with Crippen molar-refractivity contribution in [3.63, 3.8) is 0 Å². The normalized spacial score (nSPS) is 18.9. The summed E-state index contributed by atoms with van der Waals surface area (Å²) in [5.41, 5.74) is 0.313. The molecule has 3 rings (SSSR count). The van der Waals surface area contributed by atoms with E-state index in [9.17, 15) is 13.2 Å². The number of ketones is 1. The van der Waals surface area contributed by atoms with E-state index < -0.39 is 30.6 Å². The number of rotatable bonds is 1. The van der Waals surface area contributed by atoms with Crippen LogP contribution in [0.1, 0.15) is 10.4 Å². The van der Waals surface area contributed by atoms with Crippen molar-refractivity contribution in [1.82, 2.24) is 0 Å². The average Bonchev–Trinajstić information content (AvgIpc) is 2.62. The van der Waals surface area contributed by atoms with Crippen LogP contribution in [0.3, 0.4) is 0 Å². The topological polar surface area (TPSA) is 51.2 Å². The summed E-state index contributed by atoms with van der Waals surface area (Å²) < 4.78 is 25.8. The SMILES string of the molecule is O=C1C(=Ic2ccccc2)S(=O)(=O)c2ccccc21. The van der Waals surface area contributed by atoms with Crippen molar-refractivity contribution in [2.24, 2.45) is 0 Å². The van der Waals surface area contributed by atoms with Crippen molar-refractivity contribution in [3.05, 3.63) is 63.7 Å². The molecule has 0 bridgehead atoms. The number of benzene rings is 2. The Hall–Kier alpha value is -1.34. The van der Waals surface area contributed by atoms with Gasteiger partial charge in [-0.3, -0.25) is 4.79 Å². The fourth-order valence-corrected chi connectivity index (χ4v) is 7.30. The summed E-state index contributed by atoms with van der Waals surface area (Å²) in [6.45, 7) is 0. The summed E-state index contributed by atoms with van der Waals surface area (Å²) in [5, 5.41) is 0. The first-order valence-corrected chi connectivity index (χ1v) is 9.20. The van der Waals surface area contributed by atoms with Gasteiger partial charge in [-0.15, -0.1) is 0 Å². The molecule has 0 aromatic heterocycles. The van der Waals surface area contributed by atoms with Gasteiger partial charge in [0.05, 0.1) is 4.90 Å². The van der Waals surface area contributed by atoms with Crippen molar-refractivity contribution < 1.29 is 13.2 Å². The Labute approximate surface area is 120 Å². The second kappa shape index (κ2) is 4.64. The van der Waals surface area contributed by atoms with Gasteiger partial charge in [0.2, 0.25) is 15.6 Å². The third kappa shape index (κ3) is 2.06. The minimum Gasteiger partial charge on any atom is -0.287 e. The lowest BCUT2D eigenvalue weighted by molar-refractivity contribution is 0.107. The van der Waals surface area contributed by atoms with E-state index in [1.807, 2.05) is 30.3 Å². The van der Waals surface area contributed by atoms with Crippen molar-refractivity contribution >= 4 is 39.2 Å². The number of carbonyl (C=O) groups excluding carboxylic acids is 1. The minimum absolute atomic E-state index is 0.0821. The van der Waals surface area contributed by atoms with Crippen LogP contribution < -0.4 is 0 Å². The Morgan fingerprint density at radius 3 is 2.16 bits per heavy atom. The molecule has 0 saturated carbocycles. The molecule has 2 aromatic carbocycles. The summed E-state index contributed by atoms with van der Waals surface area (Å²) in [6, 6.07) is 15.7. The lowest BCUT2D eigenvalue weighted by Crippen LogP contribution is -2.12. The highest BCUT2D eigenvalue weighted by molar-refractivity contribution is 14.2. The van der Waals surface area contributed by atoms with Crippen molar-refractivity contribution in [1.29, 1.82) is 0 Å². The Morgan fingerprint density at radius 2 is 1.47 bits per heavy atom. The van der Waals surface area contributed by atoms with Gasteiger partial charge in [0.25, 0.3) is 0 Å². The zero-order valence-electron chi connectivity index (χ0n) is 9.71. The van der Waals surface area contributed by atoms with Crippen LogP contribution in [0.5, 0.6) is 0 Å². The summed E-state index contributed by atoms with van der Waals surface area (Å²) in [4.78, 5) is 12.4. The monoisotopic (exact) mass is 384 g/mol. The molecule has 0 aliphatic carbocycles. The van der Waals surface area contributed by atoms with Gasteiger partial charge < -0.3 is 0 Å². The van der Waals surface area contributed by atoms with E-state index in [0.29, 0.717) is 5.56 Å². The number of sulfone groups is 1. The molecule has 0 unspecified atom stereocenters. The predicted octanol–water partition coefficient (Wildman–Crippen LogP) is 2.63. The van der Waals surface area contributed by atoms with Gasteiger partial charge in [0.15, 0.2) is 2.84 Å². The van der Waals surface area contributed by atoms with E-state index in [2.05, 4.69) is 0 Å². The first-order chi connectivity index (χ1) is 9.10. The van der Waals surface area contributed by atoms with Gasteiger partial charge in [0.1, 0.15) is 0 Å². The predicted molar refractivity (Wildman–Crippen MR) is 82.1 cm³/mol. The first kappa shape index (κ1) is 12.7. The van der Waals surface area contributed by atoms with Crippen LogP contribution in [0, 0.1) is 3.57 Å². The van der Waals surface area contributed by atoms with E-state index in [-0.39, 0.29) is 13.5 Å². The first-order valence-electron chi connectivity index (χ1n) is 5.56. The molecule has 0 amide bonds. The quantitative estimate of drug-likeness (QED) is 0.711. The third-order valence-corrected chi connectivity index (χ3v) is 8.93. The maximum absolute atomic E-state index is 12.4. The second-order valence-corrected chi connectivity index (χ2v) is 9.44. The average molecular weight is 384 g/mol. The number of Topliss-reactive ketones (excluding diaryl/α,β-unsaturated/α-hetero) is 1. The molecule has 19 heavy (non-hydrogen) atoms. The van der Waals surface area contributed by atoms with Gasteiger partial charge in [-0.05, 0) is 24.3 Å². The van der Waals surface area contributed by atoms with Gasteiger partial charge in [-0.2, -0.15) is 0 Å². The molecule has 0 N–H and O–H groups in total. The molecule has 3 nitrogen and oxygen atoms in total. The Balaban J connectivity index is 2.22. The number of hydrogen-bond donors (Lipinski definition) is 0. The Kier molecular flexibility index (Phi) is 3.10. The second-order valence-electron chi connectivity index (χ2n) is 3.99. The highest BCUT2D eigenvalue weighted by Gasteiger charge is 2.39. The fourth-order valence-electron chi connectivity index (χ4n) is 1.88. The molecular weight excluding hydrogens is 375 g/mol. The van der Waals surface area contributed by atoms with Crippen LogP contribution in [0.15, 0.2) is 59.5 Å². The zero-order chi connectivity index (χ0) is 13.5.